The SMILES string of the molecule is O=C([O-])CC(O)(CC(=O)[O-])C(=O)[O-].[Bi+3].[HH].[HH].[HH].[HH].[HH].[HH]. The van der Waals surface area contributed by atoms with E-state index < -0.39 is 36.4 Å². The Kier molecular flexibility index (Phi) is 6.59. The third-order valence-corrected chi connectivity index (χ3v) is 1.25. The van der Waals surface area contributed by atoms with Crippen molar-refractivity contribution in [2.75, 3.05) is 0 Å². The number of carbonyl (C=O) groups excluding carboxylic acids is 3. The van der Waals surface area contributed by atoms with Crippen molar-refractivity contribution in [2.24, 2.45) is 0 Å². The summed E-state index contributed by atoms with van der Waals surface area (Å²) in [4.78, 5) is 30.0. The summed E-state index contributed by atoms with van der Waals surface area (Å²) < 4.78 is 0. The van der Waals surface area contributed by atoms with Gasteiger partial charge in [-0.25, -0.2) is 0 Å². The molecule has 0 aromatic rings. The minimum atomic E-state index is -2.97. The second kappa shape index (κ2) is 5.87. The topological polar surface area (TPSA) is 141 Å². The molecule has 0 amide bonds. The molecule has 0 saturated heterocycles. The number of hydrogen-bond donors (Lipinski definition) is 1. The van der Waals surface area contributed by atoms with Crippen LogP contribution in [0.3, 0.4) is 0 Å². The second-order valence-electron chi connectivity index (χ2n) is 2.42. The van der Waals surface area contributed by atoms with Crippen LogP contribution in [0.1, 0.15) is 21.4 Å². The van der Waals surface area contributed by atoms with Crippen LogP contribution in [0.25, 0.3) is 0 Å². The van der Waals surface area contributed by atoms with Crippen LogP contribution in [0.4, 0.5) is 0 Å². The predicted octanol–water partition coefficient (Wildman–Crippen LogP) is -4.16. The van der Waals surface area contributed by atoms with Crippen LogP contribution in [-0.4, -0.2) is 54.8 Å². The van der Waals surface area contributed by atoms with Crippen molar-refractivity contribution in [3.8, 4) is 0 Å². The minimum Gasteiger partial charge on any atom is -0.550 e. The van der Waals surface area contributed by atoms with E-state index in [2.05, 4.69) is 0 Å². The first-order chi connectivity index (χ1) is 5.78. The monoisotopic (exact) mass is 410 g/mol. The molecule has 0 aromatic heterocycles. The van der Waals surface area contributed by atoms with Crippen molar-refractivity contribution in [1.29, 1.82) is 0 Å². The molecule has 0 atom stereocenters. The third kappa shape index (κ3) is 5.08. The summed E-state index contributed by atoms with van der Waals surface area (Å²) in [5, 5.41) is 38.9. The molecule has 0 rings (SSSR count). The van der Waals surface area contributed by atoms with Gasteiger partial charge in [0.05, 0.1) is 5.97 Å². The van der Waals surface area contributed by atoms with E-state index >= 15 is 0 Å². The van der Waals surface area contributed by atoms with Gasteiger partial charge in [0, 0.05) is 33.3 Å². The molecular weight excluding hydrogens is 393 g/mol. The maximum Gasteiger partial charge on any atom is 3.00 e. The van der Waals surface area contributed by atoms with Crippen LogP contribution in [-0.2, 0) is 14.4 Å². The largest absolute Gasteiger partial charge is 3.00 e. The van der Waals surface area contributed by atoms with Crippen LogP contribution >= 0.6 is 0 Å². The Morgan fingerprint density at radius 3 is 1.50 bits per heavy atom. The zero-order valence-corrected chi connectivity index (χ0v) is 10.2. The number of aliphatic carboxylic acids is 3. The summed E-state index contributed by atoms with van der Waals surface area (Å²) in [6.07, 6.45) is -2.72. The normalized spacial score (nSPS) is 10.1. The van der Waals surface area contributed by atoms with Crippen molar-refractivity contribution in [3.05, 3.63) is 0 Å². The van der Waals surface area contributed by atoms with Crippen molar-refractivity contribution in [1.82, 2.24) is 0 Å². The number of carboxylic acids is 3. The Hall–Kier alpha value is -0.747. The molecular formula is C6H17BiO7. The van der Waals surface area contributed by atoms with E-state index in [-0.39, 0.29) is 34.8 Å². The van der Waals surface area contributed by atoms with Gasteiger partial charge in [-0.3, -0.25) is 0 Å². The Balaban J connectivity index is -0.0000000343. The quantitative estimate of drug-likeness (QED) is 0.454. The molecule has 0 fully saturated rings. The second-order valence-corrected chi connectivity index (χ2v) is 2.42. The molecule has 0 heterocycles. The van der Waals surface area contributed by atoms with Crippen LogP contribution in [0.5, 0.6) is 0 Å². The standard InChI is InChI=1S/C6H8O7.Bi.6H2/c7-3(8)1-6(13,5(11)12)2-4(9)10;;;;;;;/h13H,1-2H2,(H,7,8)(H,9,10)(H,11,12);;6*1H/q;+3;;;;;;/p-3. The average molecular weight is 410 g/mol. The van der Waals surface area contributed by atoms with E-state index in [1.165, 1.54) is 0 Å². The summed E-state index contributed by atoms with van der Waals surface area (Å²) in [7, 11) is 0. The molecule has 0 spiro atoms. The number of carboxylic acid groups (broad SMARTS) is 3. The van der Waals surface area contributed by atoms with Crippen molar-refractivity contribution >= 4 is 44.1 Å². The van der Waals surface area contributed by atoms with Gasteiger partial charge in [0.1, 0.15) is 5.60 Å². The Morgan fingerprint density at radius 1 is 1.07 bits per heavy atom. The summed E-state index contributed by atoms with van der Waals surface area (Å²) in [5.41, 5.74) is -2.97. The summed E-state index contributed by atoms with van der Waals surface area (Å²) in [6.45, 7) is 0. The number of rotatable bonds is 5. The van der Waals surface area contributed by atoms with Crippen molar-refractivity contribution in [2.45, 2.75) is 18.4 Å². The van der Waals surface area contributed by atoms with Crippen LogP contribution in [0.15, 0.2) is 0 Å². The molecule has 0 aliphatic rings. The zero-order valence-electron chi connectivity index (χ0n) is 6.76. The van der Waals surface area contributed by atoms with Crippen LogP contribution < -0.4 is 15.3 Å². The van der Waals surface area contributed by atoms with E-state index in [0.717, 1.165) is 0 Å². The minimum absolute atomic E-state index is 0. The molecule has 0 bridgehead atoms. The molecule has 0 aromatic carbocycles. The van der Waals surface area contributed by atoms with Gasteiger partial charge >= 0.3 is 26.2 Å². The fourth-order valence-corrected chi connectivity index (χ4v) is 0.684. The van der Waals surface area contributed by atoms with Gasteiger partial charge in [0.25, 0.3) is 0 Å². The first-order valence-corrected chi connectivity index (χ1v) is 3.11. The van der Waals surface area contributed by atoms with Gasteiger partial charge in [-0.05, 0) is 0 Å². The Bertz CT molecular complexity index is 250. The summed E-state index contributed by atoms with van der Waals surface area (Å²) in [6, 6.07) is 0. The predicted molar refractivity (Wildman–Crippen MR) is 47.6 cm³/mol. The first kappa shape index (κ1) is 15.7. The molecule has 0 saturated carbocycles. The fraction of sp³-hybridized carbons (Fsp3) is 0.500. The van der Waals surface area contributed by atoms with Crippen LogP contribution in [0, 0.1) is 0 Å². The van der Waals surface area contributed by atoms with E-state index in [4.69, 9.17) is 5.11 Å². The van der Waals surface area contributed by atoms with Gasteiger partial charge in [-0.15, -0.1) is 0 Å². The van der Waals surface area contributed by atoms with Gasteiger partial charge in [-0.1, -0.05) is 0 Å². The van der Waals surface area contributed by atoms with Gasteiger partial charge in [-0.2, -0.15) is 0 Å². The number of hydrogen-bond acceptors (Lipinski definition) is 7. The zero-order chi connectivity index (χ0) is 10.6. The fourth-order valence-electron chi connectivity index (χ4n) is 0.684. The summed E-state index contributed by atoms with van der Waals surface area (Å²) in [5.74, 6) is -5.98. The average Bonchev–Trinajstić information content (AvgIpc) is 1.82. The third-order valence-electron chi connectivity index (χ3n) is 1.25. The van der Waals surface area contributed by atoms with E-state index in [9.17, 15) is 29.7 Å². The molecule has 2 radical (unpaired) electrons. The Labute approximate surface area is 106 Å². The van der Waals surface area contributed by atoms with Gasteiger partial charge in [0.2, 0.25) is 0 Å². The van der Waals surface area contributed by atoms with Crippen molar-refractivity contribution < 1.29 is 43.4 Å². The van der Waals surface area contributed by atoms with Gasteiger partial charge in [0.15, 0.2) is 0 Å². The Morgan fingerprint density at radius 2 is 1.36 bits per heavy atom. The number of carbonyl (C=O) groups is 3. The molecule has 0 unspecified atom stereocenters. The van der Waals surface area contributed by atoms with Crippen LogP contribution in [0.2, 0.25) is 0 Å². The molecule has 0 aliphatic carbocycles. The molecule has 0 aliphatic heterocycles. The maximum atomic E-state index is 10.1. The smallest absolute Gasteiger partial charge is 0.550 e. The van der Waals surface area contributed by atoms with Gasteiger partial charge < -0.3 is 34.8 Å². The molecule has 1 N–H and O–H groups in total. The molecule has 8 heteroatoms. The van der Waals surface area contributed by atoms with Crippen molar-refractivity contribution in [3.63, 3.8) is 0 Å². The number of aliphatic hydroxyl groups is 1. The van der Waals surface area contributed by atoms with E-state index in [0.29, 0.717) is 0 Å². The maximum absolute atomic E-state index is 10.1. The van der Waals surface area contributed by atoms with E-state index in [1.807, 2.05) is 0 Å². The summed E-state index contributed by atoms with van der Waals surface area (Å²) >= 11 is 0. The molecule has 7 nitrogen and oxygen atoms in total. The van der Waals surface area contributed by atoms with E-state index in [1.54, 1.807) is 0 Å². The molecule has 14 heavy (non-hydrogen) atoms. The molecule has 88 valence electrons. The first-order valence-electron chi connectivity index (χ1n) is 3.11.